The second kappa shape index (κ2) is 5.46. The van der Waals surface area contributed by atoms with E-state index in [1.807, 2.05) is 43.3 Å². The minimum absolute atomic E-state index is 0.0972. The Labute approximate surface area is 114 Å². The van der Waals surface area contributed by atoms with Gasteiger partial charge in [-0.3, -0.25) is 0 Å². The molecule has 0 amide bonds. The molecule has 1 aromatic heterocycles. The van der Waals surface area contributed by atoms with Crippen molar-refractivity contribution in [3.63, 3.8) is 0 Å². The van der Waals surface area contributed by atoms with Gasteiger partial charge >= 0.3 is 0 Å². The Morgan fingerprint density at radius 2 is 2.00 bits per heavy atom. The maximum atomic E-state index is 5.88. The number of benzene rings is 1. The fourth-order valence-corrected chi connectivity index (χ4v) is 1.96. The van der Waals surface area contributed by atoms with Crippen LogP contribution in [0.15, 0.2) is 42.6 Å². The first-order chi connectivity index (χ1) is 8.18. The summed E-state index contributed by atoms with van der Waals surface area (Å²) in [4.78, 5) is 4.23. The van der Waals surface area contributed by atoms with Crippen molar-refractivity contribution in [3.05, 3.63) is 51.7 Å². The van der Waals surface area contributed by atoms with Gasteiger partial charge in [0.25, 0.3) is 0 Å². The maximum Gasteiger partial charge on any atom is 0.224 e. The lowest BCUT2D eigenvalue weighted by molar-refractivity contribution is 0.449. The molecule has 0 unspecified atom stereocenters. The monoisotopic (exact) mass is 340 g/mol. The molecule has 0 spiro atoms. The van der Waals surface area contributed by atoms with Crippen LogP contribution >= 0.6 is 22.6 Å². The molecule has 3 nitrogen and oxygen atoms in total. The number of pyridine rings is 1. The van der Waals surface area contributed by atoms with Gasteiger partial charge in [0.2, 0.25) is 5.88 Å². The summed E-state index contributed by atoms with van der Waals surface area (Å²) in [5.41, 5.74) is 6.79. The number of hydrogen-bond acceptors (Lipinski definition) is 3. The van der Waals surface area contributed by atoms with Gasteiger partial charge in [-0.2, -0.15) is 0 Å². The molecule has 0 aliphatic carbocycles. The van der Waals surface area contributed by atoms with Crippen LogP contribution in [0.2, 0.25) is 0 Å². The molecule has 2 N–H and O–H groups in total. The Bertz CT molecular complexity index is 514. The average Bonchev–Trinajstić information content (AvgIpc) is 2.32. The quantitative estimate of drug-likeness (QED) is 0.870. The third-order valence-electron chi connectivity index (χ3n) is 2.33. The summed E-state index contributed by atoms with van der Waals surface area (Å²) in [7, 11) is 0. The van der Waals surface area contributed by atoms with Gasteiger partial charge in [-0.1, -0.05) is 18.2 Å². The first-order valence-electron chi connectivity index (χ1n) is 5.31. The molecule has 1 atom stereocenters. The summed E-state index contributed by atoms with van der Waals surface area (Å²) < 4.78 is 6.85. The van der Waals surface area contributed by atoms with E-state index in [1.54, 1.807) is 6.20 Å². The van der Waals surface area contributed by atoms with Crippen molar-refractivity contribution in [2.75, 3.05) is 0 Å². The number of halogens is 1. The number of nitrogens with zero attached hydrogens (tertiary/aromatic N) is 1. The zero-order valence-corrected chi connectivity index (χ0v) is 11.6. The van der Waals surface area contributed by atoms with Crippen molar-refractivity contribution in [3.8, 4) is 11.6 Å². The summed E-state index contributed by atoms with van der Waals surface area (Å²) in [5.74, 6) is 1.38. The molecule has 2 aromatic rings. The molecule has 88 valence electrons. The third-order valence-corrected chi connectivity index (χ3v) is 3.23. The Kier molecular flexibility index (Phi) is 3.96. The van der Waals surface area contributed by atoms with Crippen LogP contribution in [0, 0.1) is 3.57 Å². The van der Waals surface area contributed by atoms with E-state index in [1.165, 1.54) is 0 Å². The van der Waals surface area contributed by atoms with Crippen molar-refractivity contribution >= 4 is 22.6 Å². The van der Waals surface area contributed by atoms with Gasteiger partial charge < -0.3 is 10.5 Å². The number of rotatable bonds is 3. The predicted molar refractivity (Wildman–Crippen MR) is 76.1 cm³/mol. The van der Waals surface area contributed by atoms with Gasteiger partial charge in [0.05, 0.1) is 3.57 Å². The second-order valence-electron chi connectivity index (χ2n) is 3.72. The van der Waals surface area contributed by atoms with Gasteiger partial charge in [-0.25, -0.2) is 4.98 Å². The summed E-state index contributed by atoms with van der Waals surface area (Å²) in [6.07, 6.45) is 1.71. The van der Waals surface area contributed by atoms with Crippen LogP contribution in [0.1, 0.15) is 18.5 Å². The number of para-hydroxylation sites is 1. The average molecular weight is 340 g/mol. The third kappa shape index (κ3) is 2.95. The highest BCUT2D eigenvalue weighted by Gasteiger charge is 2.10. The predicted octanol–water partition coefficient (Wildman–Crippen LogP) is 3.50. The summed E-state index contributed by atoms with van der Waals surface area (Å²) in [5, 5.41) is 0. The summed E-state index contributed by atoms with van der Waals surface area (Å²) in [6, 6.07) is 11.5. The SMILES string of the molecule is C[C@@H](N)c1cccnc1Oc1ccccc1I. The largest absolute Gasteiger partial charge is 0.438 e. The summed E-state index contributed by atoms with van der Waals surface area (Å²) >= 11 is 2.23. The topological polar surface area (TPSA) is 48.1 Å². The summed E-state index contributed by atoms with van der Waals surface area (Å²) in [6.45, 7) is 1.92. The first-order valence-corrected chi connectivity index (χ1v) is 6.39. The van der Waals surface area contributed by atoms with Crippen LogP contribution in [0.5, 0.6) is 11.6 Å². The molecule has 1 aromatic carbocycles. The van der Waals surface area contributed by atoms with E-state index in [2.05, 4.69) is 27.6 Å². The molecule has 1 heterocycles. The molecule has 0 aliphatic rings. The normalized spacial score (nSPS) is 12.2. The second-order valence-corrected chi connectivity index (χ2v) is 4.88. The van der Waals surface area contributed by atoms with E-state index in [4.69, 9.17) is 10.5 Å². The lowest BCUT2D eigenvalue weighted by Gasteiger charge is -2.12. The van der Waals surface area contributed by atoms with Gasteiger partial charge in [-0.05, 0) is 47.7 Å². The van der Waals surface area contributed by atoms with E-state index in [0.29, 0.717) is 5.88 Å². The van der Waals surface area contributed by atoms with Crippen LogP contribution < -0.4 is 10.5 Å². The minimum atomic E-state index is -0.0972. The van der Waals surface area contributed by atoms with Crippen molar-refractivity contribution < 1.29 is 4.74 Å². The Morgan fingerprint density at radius 1 is 1.24 bits per heavy atom. The smallest absolute Gasteiger partial charge is 0.224 e. The first kappa shape index (κ1) is 12.3. The minimum Gasteiger partial charge on any atom is -0.438 e. The standard InChI is InChI=1S/C13H13IN2O/c1-9(15)10-5-4-8-16-13(10)17-12-7-3-2-6-11(12)14/h2-9H,15H2,1H3/t9-/m1/s1. The lowest BCUT2D eigenvalue weighted by atomic mass is 10.1. The van der Waals surface area contributed by atoms with Gasteiger partial charge in [0, 0.05) is 17.8 Å². The highest BCUT2D eigenvalue weighted by molar-refractivity contribution is 14.1. The van der Waals surface area contributed by atoms with Gasteiger partial charge in [-0.15, -0.1) is 0 Å². The van der Waals surface area contributed by atoms with E-state index in [-0.39, 0.29) is 6.04 Å². The fourth-order valence-electron chi connectivity index (χ4n) is 1.47. The molecule has 0 radical (unpaired) electrons. The van der Waals surface area contributed by atoms with Crippen molar-refractivity contribution in [1.29, 1.82) is 0 Å². The molecular formula is C13H13IN2O. The Hall–Kier alpha value is -1.14. The highest BCUT2D eigenvalue weighted by atomic mass is 127. The number of nitrogens with two attached hydrogens (primary N) is 1. The lowest BCUT2D eigenvalue weighted by Crippen LogP contribution is -2.07. The van der Waals surface area contributed by atoms with E-state index < -0.39 is 0 Å². The molecular weight excluding hydrogens is 327 g/mol. The van der Waals surface area contributed by atoms with Crippen LogP contribution in [0.3, 0.4) is 0 Å². The molecule has 0 aliphatic heterocycles. The number of aromatic nitrogens is 1. The van der Waals surface area contributed by atoms with Crippen LogP contribution in [0.4, 0.5) is 0 Å². The van der Waals surface area contributed by atoms with Crippen LogP contribution in [0.25, 0.3) is 0 Å². The van der Waals surface area contributed by atoms with Crippen LogP contribution in [-0.2, 0) is 0 Å². The van der Waals surface area contributed by atoms with Crippen molar-refractivity contribution in [1.82, 2.24) is 4.98 Å². The molecule has 0 saturated heterocycles. The zero-order valence-electron chi connectivity index (χ0n) is 9.43. The molecule has 4 heteroatoms. The zero-order chi connectivity index (χ0) is 12.3. The maximum absolute atomic E-state index is 5.88. The highest BCUT2D eigenvalue weighted by Crippen LogP contribution is 2.29. The number of hydrogen-bond donors (Lipinski definition) is 1. The van der Waals surface area contributed by atoms with Gasteiger partial charge in [0.15, 0.2) is 0 Å². The van der Waals surface area contributed by atoms with E-state index in [0.717, 1.165) is 14.9 Å². The number of ether oxygens (including phenoxy) is 1. The molecule has 0 fully saturated rings. The molecule has 0 bridgehead atoms. The Balaban J connectivity index is 2.34. The van der Waals surface area contributed by atoms with Crippen molar-refractivity contribution in [2.24, 2.45) is 5.73 Å². The van der Waals surface area contributed by atoms with Crippen molar-refractivity contribution in [2.45, 2.75) is 13.0 Å². The Morgan fingerprint density at radius 3 is 2.71 bits per heavy atom. The molecule has 17 heavy (non-hydrogen) atoms. The molecule has 0 saturated carbocycles. The molecule has 2 rings (SSSR count). The van der Waals surface area contributed by atoms with E-state index >= 15 is 0 Å². The fraction of sp³-hybridized carbons (Fsp3) is 0.154. The van der Waals surface area contributed by atoms with E-state index in [9.17, 15) is 0 Å². The van der Waals surface area contributed by atoms with Gasteiger partial charge in [0.1, 0.15) is 5.75 Å². The van der Waals surface area contributed by atoms with Crippen LogP contribution in [-0.4, -0.2) is 4.98 Å².